The quantitative estimate of drug-likeness (QED) is 0.260. The number of thiol groups is 1. The van der Waals surface area contributed by atoms with Crippen LogP contribution in [0.2, 0.25) is 0 Å². The molecule has 0 saturated heterocycles. The second kappa shape index (κ2) is 3.23. The van der Waals surface area contributed by atoms with Gasteiger partial charge in [-0.3, -0.25) is 10.6 Å². The number of hydrogen-bond donors (Lipinski definition) is 4. The monoisotopic (exact) mass is 164 g/mol. The molecule has 5 heteroatoms. The van der Waals surface area contributed by atoms with Gasteiger partial charge in [0.25, 0.3) is 0 Å². The van der Waals surface area contributed by atoms with Gasteiger partial charge in [-0.2, -0.15) is 12.6 Å². The topological polar surface area (TPSA) is 75.3 Å². The van der Waals surface area contributed by atoms with E-state index in [1.54, 1.807) is 13.8 Å². The fourth-order valence-corrected chi connectivity index (χ4v) is 0.762. The Labute approximate surface area is 65.2 Å². The Bertz CT molecular complexity index is 132. The largest absolute Gasteiger partial charge is 0.480 e. The minimum absolute atomic E-state index is 0.652. The van der Waals surface area contributed by atoms with Gasteiger partial charge in [-0.1, -0.05) is 0 Å². The predicted octanol–water partition coefficient (Wildman–Crippen LogP) is -0.389. The Balaban J connectivity index is 4.22. The van der Waals surface area contributed by atoms with Gasteiger partial charge in [-0.05, 0) is 13.8 Å². The Kier molecular flexibility index (Phi) is 3.14. The first-order valence-electron chi connectivity index (χ1n) is 2.81. The molecule has 0 aromatic rings. The summed E-state index contributed by atoms with van der Waals surface area (Å²) in [6, 6.07) is -0.823. The van der Waals surface area contributed by atoms with Crippen molar-refractivity contribution in [2.75, 3.05) is 0 Å². The van der Waals surface area contributed by atoms with Gasteiger partial charge in [0.05, 0.1) is 0 Å². The van der Waals surface area contributed by atoms with Crippen LogP contribution >= 0.6 is 12.6 Å². The molecular weight excluding hydrogens is 152 g/mol. The van der Waals surface area contributed by atoms with Crippen molar-refractivity contribution in [1.82, 2.24) is 5.43 Å². The zero-order chi connectivity index (χ0) is 8.36. The maximum absolute atomic E-state index is 10.4. The van der Waals surface area contributed by atoms with Crippen LogP contribution in [0, 0.1) is 0 Å². The molecule has 60 valence electrons. The van der Waals surface area contributed by atoms with Gasteiger partial charge in [-0.15, -0.1) is 0 Å². The van der Waals surface area contributed by atoms with Crippen LogP contribution in [0.5, 0.6) is 0 Å². The van der Waals surface area contributed by atoms with E-state index in [0.717, 1.165) is 0 Å². The van der Waals surface area contributed by atoms with Gasteiger partial charge in [0, 0.05) is 4.75 Å². The molecule has 0 aliphatic heterocycles. The van der Waals surface area contributed by atoms with E-state index >= 15 is 0 Å². The summed E-state index contributed by atoms with van der Waals surface area (Å²) in [4.78, 5) is 10.4. The minimum Gasteiger partial charge on any atom is -0.480 e. The molecule has 4 N–H and O–H groups in total. The lowest BCUT2D eigenvalue weighted by atomic mass is 10.0. The average molecular weight is 164 g/mol. The van der Waals surface area contributed by atoms with Gasteiger partial charge in [0.1, 0.15) is 6.04 Å². The summed E-state index contributed by atoms with van der Waals surface area (Å²) >= 11 is 4.05. The molecule has 10 heavy (non-hydrogen) atoms. The first-order valence-corrected chi connectivity index (χ1v) is 3.25. The number of hydrogen-bond acceptors (Lipinski definition) is 4. The van der Waals surface area contributed by atoms with Gasteiger partial charge in [0.2, 0.25) is 0 Å². The number of carboxylic acid groups (broad SMARTS) is 1. The molecule has 0 spiro atoms. The summed E-state index contributed by atoms with van der Waals surface area (Å²) < 4.78 is -0.652. The molecule has 0 radical (unpaired) electrons. The summed E-state index contributed by atoms with van der Waals surface area (Å²) in [6.07, 6.45) is 0. The van der Waals surface area contributed by atoms with E-state index in [0.29, 0.717) is 0 Å². The minimum atomic E-state index is -0.998. The molecule has 4 nitrogen and oxygen atoms in total. The van der Waals surface area contributed by atoms with Crippen LogP contribution in [0.25, 0.3) is 0 Å². The highest BCUT2D eigenvalue weighted by Crippen LogP contribution is 2.16. The molecule has 0 aromatic carbocycles. The number of aliphatic carboxylic acids is 1. The van der Waals surface area contributed by atoms with Crippen LogP contribution in [0.1, 0.15) is 13.8 Å². The second-order valence-electron chi connectivity index (χ2n) is 2.59. The van der Waals surface area contributed by atoms with Crippen LogP contribution < -0.4 is 11.3 Å². The van der Waals surface area contributed by atoms with Crippen molar-refractivity contribution in [2.45, 2.75) is 24.6 Å². The maximum atomic E-state index is 10.4. The van der Waals surface area contributed by atoms with Crippen LogP contribution in [-0.2, 0) is 4.79 Å². The third-order valence-corrected chi connectivity index (χ3v) is 1.38. The standard InChI is InChI=1S/C5H12N2O2S/c1-5(2,10)3(7-6)4(8)9/h3,7,10H,6H2,1-2H3,(H,8,9)/t3-/m1/s1. The van der Waals surface area contributed by atoms with Gasteiger partial charge >= 0.3 is 5.97 Å². The van der Waals surface area contributed by atoms with Crippen molar-refractivity contribution in [3.8, 4) is 0 Å². The molecule has 0 unspecified atom stereocenters. The molecule has 0 rings (SSSR count). The molecule has 0 saturated carbocycles. The van der Waals surface area contributed by atoms with E-state index in [-0.39, 0.29) is 0 Å². The molecule has 0 amide bonds. The molecular formula is C5H12N2O2S. The van der Waals surface area contributed by atoms with Crippen LogP contribution in [0.3, 0.4) is 0 Å². The van der Waals surface area contributed by atoms with Gasteiger partial charge in [0.15, 0.2) is 0 Å². The van der Waals surface area contributed by atoms with E-state index < -0.39 is 16.8 Å². The number of carbonyl (C=O) groups is 1. The maximum Gasteiger partial charge on any atom is 0.323 e. The fraction of sp³-hybridized carbons (Fsp3) is 0.800. The number of nitrogens with two attached hydrogens (primary N) is 1. The first kappa shape index (κ1) is 9.74. The van der Waals surface area contributed by atoms with Crippen molar-refractivity contribution >= 4 is 18.6 Å². The highest BCUT2D eigenvalue weighted by Gasteiger charge is 2.30. The van der Waals surface area contributed by atoms with E-state index in [2.05, 4.69) is 18.1 Å². The van der Waals surface area contributed by atoms with Crippen molar-refractivity contribution in [2.24, 2.45) is 5.84 Å². The lowest BCUT2D eigenvalue weighted by molar-refractivity contribution is -0.140. The van der Waals surface area contributed by atoms with Crippen molar-refractivity contribution in [3.05, 3.63) is 0 Å². The van der Waals surface area contributed by atoms with E-state index in [1.807, 2.05) is 0 Å². The van der Waals surface area contributed by atoms with Crippen LogP contribution in [0.15, 0.2) is 0 Å². The average Bonchev–Trinajstić information content (AvgIpc) is 1.60. The highest BCUT2D eigenvalue weighted by atomic mass is 32.1. The second-order valence-corrected chi connectivity index (χ2v) is 3.74. The molecule has 0 fully saturated rings. The van der Waals surface area contributed by atoms with Crippen molar-refractivity contribution in [3.63, 3.8) is 0 Å². The zero-order valence-electron chi connectivity index (χ0n) is 5.96. The fourth-order valence-electron chi connectivity index (χ4n) is 0.577. The van der Waals surface area contributed by atoms with Crippen LogP contribution in [0.4, 0.5) is 0 Å². The zero-order valence-corrected chi connectivity index (χ0v) is 6.85. The third kappa shape index (κ3) is 2.55. The SMILES string of the molecule is CC(C)(S)[C@H](NN)C(=O)O. The normalized spacial score (nSPS) is 14.8. The Morgan fingerprint density at radius 1 is 1.80 bits per heavy atom. The highest BCUT2D eigenvalue weighted by molar-refractivity contribution is 7.81. The molecule has 0 heterocycles. The Hall–Kier alpha value is -0.260. The van der Waals surface area contributed by atoms with Gasteiger partial charge < -0.3 is 5.11 Å². The smallest absolute Gasteiger partial charge is 0.323 e. The number of hydrazine groups is 1. The summed E-state index contributed by atoms with van der Waals surface area (Å²) in [5.74, 6) is 3.98. The Morgan fingerprint density at radius 3 is 2.20 bits per heavy atom. The molecule has 0 aliphatic carbocycles. The summed E-state index contributed by atoms with van der Waals surface area (Å²) in [6.45, 7) is 3.35. The number of carboxylic acids is 1. The summed E-state index contributed by atoms with van der Waals surface area (Å²) in [7, 11) is 0. The van der Waals surface area contributed by atoms with Gasteiger partial charge in [-0.25, -0.2) is 5.43 Å². The van der Waals surface area contributed by atoms with Crippen molar-refractivity contribution in [1.29, 1.82) is 0 Å². The summed E-state index contributed by atoms with van der Waals surface area (Å²) in [5, 5.41) is 8.52. The lowest BCUT2D eigenvalue weighted by Crippen LogP contribution is -2.52. The van der Waals surface area contributed by atoms with E-state index in [1.165, 1.54) is 0 Å². The molecule has 0 aromatic heterocycles. The summed E-state index contributed by atoms with van der Waals surface area (Å²) in [5.41, 5.74) is 2.17. The molecule has 0 bridgehead atoms. The molecule has 1 atom stereocenters. The van der Waals surface area contributed by atoms with E-state index in [9.17, 15) is 4.79 Å². The number of nitrogens with one attached hydrogen (secondary N) is 1. The molecule has 0 aliphatic rings. The first-order chi connectivity index (χ1) is 4.39. The van der Waals surface area contributed by atoms with Crippen molar-refractivity contribution < 1.29 is 9.90 Å². The predicted molar refractivity (Wildman–Crippen MR) is 41.8 cm³/mol. The number of rotatable bonds is 3. The lowest BCUT2D eigenvalue weighted by Gasteiger charge is -2.24. The third-order valence-electron chi connectivity index (χ3n) is 1.12. The van der Waals surface area contributed by atoms with Crippen LogP contribution in [-0.4, -0.2) is 21.9 Å². The Morgan fingerprint density at radius 2 is 2.20 bits per heavy atom. The van der Waals surface area contributed by atoms with E-state index in [4.69, 9.17) is 10.9 Å².